The number of fused-ring (bicyclic) bond motifs is 1. The quantitative estimate of drug-likeness (QED) is 0.710. The number of hydrogen-bond acceptors (Lipinski definition) is 3. The van der Waals surface area contributed by atoms with E-state index in [-0.39, 0.29) is 5.91 Å². The molecule has 1 amide bonds. The van der Waals surface area contributed by atoms with Gasteiger partial charge in [-0.05, 0) is 60.4 Å². The van der Waals surface area contributed by atoms with E-state index in [2.05, 4.69) is 26.1 Å². The second kappa shape index (κ2) is 7.00. The normalized spacial score (nSPS) is 17.2. The van der Waals surface area contributed by atoms with Crippen molar-refractivity contribution in [2.45, 2.75) is 46.5 Å². The van der Waals surface area contributed by atoms with E-state index in [9.17, 15) is 4.79 Å². The van der Waals surface area contributed by atoms with Gasteiger partial charge >= 0.3 is 0 Å². The molecule has 134 valence electrons. The standard InChI is InChI=1S/C20H25ClN2OS/c1-4-20(2,3)12-5-10-15-16(11-12)25-18(22)17(15)19(24)23-14-8-6-13(21)7-9-14/h6-9,12H,4-5,10-11,22H2,1-3H3,(H,23,24). The van der Waals surface area contributed by atoms with Crippen molar-refractivity contribution < 1.29 is 4.79 Å². The molecular weight excluding hydrogens is 352 g/mol. The van der Waals surface area contributed by atoms with Crippen LogP contribution < -0.4 is 11.1 Å². The summed E-state index contributed by atoms with van der Waals surface area (Å²) >= 11 is 7.48. The summed E-state index contributed by atoms with van der Waals surface area (Å²) in [5.74, 6) is 0.528. The van der Waals surface area contributed by atoms with Crippen LogP contribution in [-0.2, 0) is 12.8 Å². The molecule has 5 heteroatoms. The van der Waals surface area contributed by atoms with Crippen LogP contribution in [0, 0.1) is 11.3 Å². The fraction of sp³-hybridized carbons (Fsp3) is 0.450. The minimum atomic E-state index is -0.120. The molecule has 0 saturated carbocycles. The van der Waals surface area contributed by atoms with Gasteiger partial charge in [0.15, 0.2) is 0 Å². The fourth-order valence-electron chi connectivity index (χ4n) is 3.54. The first-order chi connectivity index (χ1) is 11.8. The number of anilines is 2. The topological polar surface area (TPSA) is 55.1 Å². The summed E-state index contributed by atoms with van der Waals surface area (Å²) in [7, 11) is 0. The van der Waals surface area contributed by atoms with E-state index in [4.69, 9.17) is 17.3 Å². The maximum atomic E-state index is 12.8. The Morgan fingerprint density at radius 1 is 1.36 bits per heavy atom. The summed E-state index contributed by atoms with van der Waals surface area (Å²) in [6.45, 7) is 6.94. The van der Waals surface area contributed by atoms with E-state index < -0.39 is 0 Å². The van der Waals surface area contributed by atoms with Crippen LogP contribution in [0.5, 0.6) is 0 Å². The minimum Gasteiger partial charge on any atom is -0.390 e. The van der Waals surface area contributed by atoms with Crippen LogP contribution in [0.4, 0.5) is 10.7 Å². The Hall–Kier alpha value is -1.52. The van der Waals surface area contributed by atoms with Crippen molar-refractivity contribution >= 4 is 39.5 Å². The molecule has 0 fully saturated rings. The van der Waals surface area contributed by atoms with Crippen LogP contribution in [0.3, 0.4) is 0 Å². The lowest BCUT2D eigenvalue weighted by molar-refractivity contribution is 0.102. The molecule has 0 saturated heterocycles. The van der Waals surface area contributed by atoms with Gasteiger partial charge < -0.3 is 11.1 Å². The van der Waals surface area contributed by atoms with Gasteiger partial charge in [-0.1, -0.05) is 38.8 Å². The van der Waals surface area contributed by atoms with Gasteiger partial charge in [0, 0.05) is 15.6 Å². The average Bonchev–Trinajstić information content (AvgIpc) is 2.91. The van der Waals surface area contributed by atoms with Gasteiger partial charge in [-0.2, -0.15) is 0 Å². The van der Waals surface area contributed by atoms with Crippen molar-refractivity contribution in [2.24, 2.45) is 11.3 Å². The summed E-state index contributed by atoms with van der Waals surface area (Å²) in [6.07, 6.45) is 4.24. The van der Waals surface area contributed by atoms with Gasteiger partial charge in [0.1, 0.15) is 0 Å². The van der Waals surface area contributed by atoms with Gasteiger partial charge in [-0.3, -0.25) is 4.79 Å². The van der Waals surface area contributed by atoms with E-state index in [1.165, 1.54) is 4.88 Å². The number of nitrogen functional groups attached to an aromatic ring is 1. The molecule has 1 heterocycles. The van der Waals surface area contributed by atoms with Crippen molar-refractivity contribution in [3.05, 3.63) is 45.3 Å². The molecule has 3 N–H and O–H groups in total. The lowest BCUT2D eigenvalue weighted by atomic mass is 9.69. The number of benzene rings is 1. The van der Waals surface area contributed by atoms with Crippen LogP contribution in [0.2, 0.25) is 5.02 Å². The Bertz CT molecular complexity index is 780. The highest BCUT2D eigenvalue weighted by atomic mass is 35.5. The first kappa shape index (κ1) is 18.3. The number of halogens is 1. The fourth-order valence-corrected chi connectivity index (χ4v) is 4.86. The lowest BCUT2D eigenvalue weighted by Gasteiger charge is -2.36. The third-order valence-electron chi connectivity index (χ3n) is 5.64. The first-order valence-corrected chi connectivity index (χ1v) is 9.98. The number of nitrogens with one attached hydrogen (secondary N) is 1. The number of rotatable bonds is 4. The molecule has 0 radical (unpaired) electrons. The molecule has 1 aliphatic carbocycles. The molecule has 25 heavy (non-hydrogen) atoms. The number of amides is 1. The molecule has 1 unspecified atom stereocenters. The summed E-state index contributed by atoms with van der Waals surface area (Å²) in [4.78, 5) is 14.1. The molecule has 1 aliphatic rings. The maximum absolute atomic E-state index is 12.8. The molecule has 0 spiro atoms. The second-order valence-electron chi connectivity index (χ2n) is 7.49. The van der Waals surface area contributed by atoms with Gasteiger partial charge in [-0.15, -0.1) is 11.3 Å². The monoisotopic (exact) mass is 376 g/mol. The SMILES string of the molecule is CCC(C)(C)C1CCc2c(sc(N)c2C(=O)Nc2ccc(Cl)cc2)C1. The van der Waals surface area contributed by atoms with Crippen LogP contribution >= 0.6 is 22.9 Å². The molecule has 3 nitrogen and oxygen atoms in total. The van der Waals surface area contributed by atoms with E-state index in [1.807, 2.05) is 0 Å². The third kappa shape index (κ3) is 3.70. The summed E-state index contributed by atoms with van der Waals surface area (Å²) in [5, 5.41) is 4.22. The maximum Gasteiger partial charge on any atom is 0.258 e. The Kier molecular flexibility index (Phi) is 5.12. The lowest BCUT2D eigenvalue weighted by Crippen LogP contribution is -2.29. The number of carbonyl (C=O) groups is 1. The predicted molar refractivity (Wildman–Crippen MR) is 108 cm³/mol. The Morgan fingerprint density at radius 3 is 2.68 bits per heavy atom. The molecular formula is C20H25ClN2OS. The van der Waals surface area contributed by atoms with E-state index in [1.54, 1.807) is 35.6 Å². The average molecular weight is 377 g/mol. The summed E-state index contributed by atoms with van der Waals surface area (Å²) < 4.78 is 0. The van der Waals surface area contributed by atoms with E-state index in [0.717, 1.165) is 36.9 Å². The smallest absolute Gasteiger partial charge is 0.258 e. The largest absolute Gasteiger partial charge is 0.390 e. The molecule has 0 bridgehead atoms. The summed E-state index contributed by atoms with van der Waals surface area (Å²) in [6, 6.07) is 7.13. The molecule has 2 aromatic rings. The predicted octanol–water partition coefficient (Wildman–Crippen LogP) is 5.78. The van der Waals surface area contributed by atoms with Crippen molar-refractivity contribution in [1.82, 2.24) is 0 Å². The van der Waals surface area contributed by atoms with Gasteiger partial charge in [0.05, 0.1) is 10.6 Å². The van der Waals surface area contributed by atoms with E-state index >= 15 is 0 Å². The Labute approximate surface area is 158 Å². The Balaban J connectivity index is 1.83. The molecule has 0 aliphatic heterocycles. The number of carbonyl (C=O) groups excluding carboxylic acids is 1. The van der Waals surface area contributed by atoms with Gasteiger partial charge in [0.2, 0.25) is 0 Å². The van der Waals surface area contributed by atoms with Gasteiger partial charge in [0.25, 0.3) is 5.91 Å². The van der Waals surface area contributed by atoms with Crippen molar-refractivity contribution in [1.29, 1.82) is 0 Å². The van der Waals surface area contributed by atoms with Crippen LogP contribution in [0.25, 0.3) is 0 Å². The zero-order valence-corrected chi connectivity index (χ0v) is 16.6. The third-order valence-corrected chi connectivity index (χ3v) is 6.97. The Morgan fingerprint density at radius 2 is 2.04 bits per heavy atom. The molecule has 1 atom stereocenters. The van der Waals surface area contributed by atoms with E-state index in [0.29, 0.717) is 26.9 Å². The minimum absolute atomic E-state index is 0.120. The molecule has 3 rings (SSSR count). The number of nitrogens with two attached hydrogens (primary N) is 1. The van der Waals surface area contributed by atoms with Crippen LogP contribution in [0.1, 0.15) is 54.4 Å². The number of thiophene rings is 1. The zero-order chi connectivity index (χ0) is 18.2. The van der Waals surface area contributed by atoms with Crippen molar-refractivity contribution in [2.75, 3.05) is 11.1 Å². The van der Waals surface area contributed by atoms with Crippen LogP contribution in [0.15, 0.2) is 24.3 Å². The zero-order valence-electron chi connectivity index (χ0n) is 15.0. The van der Waals surface area contributed by atoms with Crippen LogP contribution in [-0.4, -0.2) is 5.91 Å². The number of hydrogen-bond donors (Lipinski definition) is 2. The second-order valence-corrected chi connectivity index (χ2v) is 9.06. The van der Waals surface area contributed by atoms with Gasteiger partial charge in [-0.25, -0.2) is 0 Å². The highest BCUT2D eigenvalue weighted by Crippen LogP contribution is 2.44. The highest BCUT2D eigenvalue weighted by Gasteiger charge is 2.34. The van der Waals surface area contributed by atoms with Crippen molar-refractivity contribution in [3.63, 3.8) is 0 Å². The first-order valence-electron chi connectivity index (χ1n) is 8.78. The molecule has 1 aromatic heterocycles. The highest BCUT2D eigenvalue weighted by molar-refractivity contribution is 7.16. The van der Waals surface area contributed by atoms with Crippen molar-refractivity contribution in [3.8, 4) is 0 Å². The summed E-state index contributed by atoms with van der Waals surface area (Å²) in [5.41, 5.74) is 9.10. The molecule has 1 aromatic carbocycles.